The van der Waals surface area contributed by atoms with Gasteiger partial charge in [0, 0.05) is 37.2 Å². The summed E-state index contributed by atoms with van der Waals surface area (Å²) in [5.41, 5.74) is 1.23. The van der Waals surface area contributed by atoms with Crippen molar-refractivity contribution in [1.29, 1.82) is 0 Å². The molecule has 0 unspecified atom stereocenters. The highest BCUT2D eigenvalue weighted by atomic mass is 32.2. The van der Waals surface area contributed by atoms with Crippen molar-refractivity contribution in [1.82, 2.24) is 4.90 Å². The fraction of sp³-hybridized carbons (Fsp3) is 0.222. The molecule has 0 spiro atoms. The van der Waals surface area contributed by atoms with Crippen LogP contribution in [-0.4, -0.2) is 45.5 Å². The predicted octanol–water partition coefficient (Wildman–Crippen LogP) is 2.87. The molecule has 144 valence electrons. The lowest BCUT2D eigenvalue weighted by Crippen LogP contribution is -2.21. The third kappa shape index (κ3) is 5.24. The number of amides is 2. The van der Waals surface area contributed by atoms with Gasteiger partial charge in [-0.1, -0.05) is 0 Å². The van der Waals surface area contributed by atoms with E-state index in [2.05, 4.69) is 10.0 Å². The lowest BCUT2D eigenvalue weighted by molar-refractivity contribution is -0.114. The fourth-order valence-corrected chi connectivity index (χ4v) is 3.91. The van der Waals surface area contributed by atoms with Crippen LogP contribution in [0.15, 0.2) is 52.3 Å². The first-order valence-electron chi connectivity index (χ1n) is 7.94. The van der Waals surface area contributed by atoms with E-state index in [0.717, 1.165) is 4.90 Å². The maximum atomic E-state index is 12.7. The molecule has 0 aliphatic rings. The Hall–Kier alpha value is -2.52. The van der Waals surface area contributed by atoms with Crippen molar-refractivity contribution in [2.45, 2.75) is 16.7 Å². The quantitative estimate of drug-likeness (QED) is 0.718. The molecule has 0 saturated carbocycles. The van der Waals surface area contributed by atoms with Crippen LogP contribution in [0.2, 0.25) is 0 Å². The highest BCUT2D eigenvalue weighted by molar-refractivity contribution is 7.98. The van der Waals surface area contributed by atoms with Crippen LogP contribution in [0.1, 0.15) is 17.3 Å². The van der Waals surface area contributed by atoms with Gasteiger partial charge in [-0.2, -0.15) is 0 Å². The van der Waals surface area contributed by atoms with Gasteiger partial charge in [-0.25, -0.2) is 8.42 Å². The third-order valence-electron chi connectivity index (χ3n) is 3.58. The molecular formula is C18H21N3O4S2. The van der Waals surface area contributed by atoms with Crippen LogP contribution in [0, 0.1) is 0 Å². The van der Waals surface area contributed by atoms with Gasteiger partial charge >= 0.3 is 0 Å². The second kappa shape index (κ2) is 8.45. The highest BCUT2D eigenvalue weighted by Crippen LogP contribution is 2.29. The number of thioether (sulfide) groups is 1. The molecule has 2 amide bonds. The molecule has 0 fully saturated rings. The summed E-state index contributed by atoms with van der Waals surface area (Å²) < 4.78 is 27.8. The molecule has 2 rings (SSSR count). The van der Waals surface area contributed by atoms with Gasteiger partial charge in [0.25, 0.3) is 15.9 Å². The smallest absolute Gasteiger partial charge is 0.261 e. The van der Waals surface area contributed by atoms with Crippen LogP contribution in [-0.2, 0) is 14.8 Å². The van der Waals surface area contributed by atoms with E-state index in [-0.39, 0.29) is 16.7 Å². The molecule has 0 atom stereocenters. The van der Waals surface area contributed by atoms with E-state index in [9.17, 15) is 18.0 Å². The van der Waals surface area contributed by atoms with E-state index in [4.69, 9.17) is 0 Å². The summed E-state index contributed by atoms with van der Waals surface area (Å²) in [6.45, 7) is 1.36. The van der Waals surface area contributed by atoms with Crippen molar-refractivity contribution in [2.24, 2.45) is 0 Å². The number of rotatable bonds is 6. The van der Waals surface area contributed by atoms with Gasteiger partial charge in [-0.05, 0) is 48.7 Å². The Labute approximate surface area is 163 Å². The summed E-state index contributed by atoms with van der Waals surface area (Å²) in [4.78, 5) is 25.5. The molecule has 0 aliphatic heterocycles. The first-order valence-corrected chi connectivity index (χ1v) is 10.6. The van der Waals surface area contributed by atoms with Crippen LogP contribution in [0.3, 0.4) is 0 Å². The molecule has 0 heterocycles. The number of hydrogen-bond donors (Lipinski definition) is 2. The lowest BCUT2D eigenvalue weighted by atomic mass is 10.2. The largest absolute Gasteiger partial charge is 0.345 e. The number of nitrogens with zero attached hydrogens (tertiary/aromatic N) is 1. The summed E-state index contributed by atoms with van der Waals surface area (Å²) >= 11 is 1.40. The first-order chi connectivity index (χ1) is 12.6. The molecule has 0 bridgehead atoms. The Kier molecular flexibility index (Phi) is 6.50. The monoisotopic (exact) mass is 407 g/mol. The number of anilines is 2. The van der Waals surface area contributed by atoms with Crippen molar-refractivity contribution in [3.8, 4) is 0 Å². The minimum Gasteiger partial charge on any atom is -0.345 e. The van der Waals surface area contributed by atoms with E-state index in [1.165, 1.54) is 47.9 Å². The van der Waals surface area contributed by atoms with Crippen LogP contribution in [0.4, 0.5) is 11.4 Å². The standard InChI is InChI=1S/C18H21N3O4S2/c1-12(22)19-16-11-15(9-10-17(16)26-4)27(24,25)20-14-7-5-13(6-8-14)18(23)21(2)3/h5-11,20H,1-4H3,(H,19,22). The van der Waals surface area contributed by atoms with Crippen molar-refractivity contribution >= 4 is 45.0 Å². The minimum absolute atomic E-state index is 0.0255. The third-order valence-corrected chi connectivity index (χ3v) is 5.76. The summed E-state index contributed by atoms with van der Waals surface area (Å²) in [7, 11) is -0.566. The molecular weight excluding hydrogens is 386 g/mol. The second-order valence-corrected chi connectivity index (χ2v) is 8.46. The fourth-order valence-electron chi connectivity index (χ4n) is 2.29. The summed E-state index contributed by atoms with van der Waals surface area (Å²) in [6.07, 6.45) is 1.84. The van der Waals surface area contributed by atoms with Gasteiger partial charge in [0.15, 0.2) is 0 Å². The van der Waals surface area contributed by atoms with Crippen molar-refractivity contribution in [2.75, 3.05) is 30.4 Å². The van der Waals surface area contributed by atoms with Crippen molar-refractivity contribution < 1.29 is 18.0 Å². The Morgan fingerprint density at radius 1 is 1.04 bits per heavy atom. The number of nitrogens with one attached hydrogen (secondary N) is 2. The molecule has 0 radical (unpaired) electrons. The Balaban J connectivity index is 2.28. The zero-order chi connectivity index (χ0) is 20.2. The van der Waals surface area contributed by atoms with E-state index < -0.39 is 10.0 Å². The Bertz CT molecular complexity index is 955. The molecule has 7 nitrogen and oxygen atoms in total. The molecule has 27 heavy (non-hydrogen) atoms. The molecule has 0 aliphatic carbocycles. The lowest BCUT2D eigenvalue weighted by Gasteiger charge is -2.13. The summed E-state index contributed by atoms with van der Waals surface area (Å²) in [5, 5.41) is 2.64. The van der Waals surface area contributed by atoms with Crippen LogP contribution < -0.4 is 10.0 Å². The molecule has 2 aromatic rings. The second-order valence-electron chi connectivity index (χ2n) is 5.93. The number of sulfonamides is 1. The van der Waals surface area contributed by atoms with Gasteiger partial charge in [-0.3, -0.25) is 14.3 Å². The molecule has 0 aromatic heterocycles. The Morgan fingerprint density at radius 3 is 2.19 bits per heavy atom. The zero-order valence-electron chi connectivity index (χ0n) is 15.4. The maximum absolute atomic E-state index is 12.7. The van der Waals surface area contributed by atoms with E-state index in [1.54, 1.807) is 32.3 Å². The number of carbonyl (C=O) groups is 2. The van der Waals surface area contributed by atoms with E-state index >= 15 is 0 Å². The van der Waals surface area contributed by atoms with E-state index in [1.807, 2.05) is 6.26 Å². The molecule has 2 aromatic carbocycles. The molecule has 0 saturated heterocycles. The van der Waals surface area contributed by atoms with Crippen LogP contribution >= 0.6 is 11.8 Å². The summed E-state index contributed by atoms with van der Waals surface area (Å²) in [5.74, 6) is -0.453. The highest BCUT2D eigenvalue weighted by Gasteiger charge is 2.17. The van der Waals surface area contributed by atoms with Crippen molar-refractivity contribution in [3.05, 3.63) is 48.0 Å². The Morgan fingerprint density at radius 2 is 1.67 bits per heavy atom. The van der Waals surface area contributed by atoms with Gasteiger partial charge in [0.1, 0.15) is 0 Å². The first kappa shape index (κ1) is 20.8. The molecule has 2 N–H and O–H groups in total. The normalized spacial score (nSPS) is 11.0. The van der Waals surface area contributed by atoms with Crippen molar-refractivity contribution in [3.63, 3.8) is 0 Å². The van der Waals surface area contributed by atoms with Crippen LogP contribution in [0.5, 0.6) is 0 Å². The average molecular weight is 408 g/mol. The summed E-state index contributed by atoms with van der Waals surface area (Å²) in [6, 6.07) is 10.7. The predicted molar refractivity (Wildman–Crippen MR) is 108 cm³/mol. The van der Waals surface area contributed by atoms with Gasteiger partial charge in [0.2, 0.25) is 5.91 Å². The SMILES string of the molecule is CSc1ccc(S(=O)(=O)Nc2ccc(C(=O)N(C)C)cc2)cc1NC(C)=O. The number of benzene rings is 2. The number of carbonyl (C=O) groups excluding carboxylic acids is 2. The van der Waals surface area contributed by atoms with E-state index in [0.29, 0.717) is 16.9 Å². The van der Waals surface area contributed by atoms with Gasteiger partial charge in [-0.15, -0.1) is 11.8 Å². The zero-order valence-corrected chi connectivity index (χ0v) is 17.1. The average Bonchev–Trinajstić information content (AvgIpc) is 2.60. The molecule has 9 heteroatoms. The van der Waals surface area contributed by atoms with Gasteiger partial charge in [0.05, 0.1) is 10.6 Å². The minimum atomic E-state index is -3.85. The van der Waals surface area contributed by atoms with Crippen LogP contribution in [0.25, 0.3) is 0 Å². The topological polar surface area (TPSA) is 95.6 Å². The maximum Gasteiger partial charge on any atom is 0.261 e. The number of hydrogen-bond acceptors (Lipinski definition) is 5. The van der Waals surface area contributed by atoms with Gasteiger partial charge < -0.3 is 10.2 Å².